The summed E-state index contributed by atoms with van der Waals surface area (Å²) in [5, 5.41) is 3.71. The third kappa shape index (κ3) is 3.08. The normalized spacial score (nSPS) is 20.8. The molecule has 1 N–H and O–H groups in total. The Morgan fingerprint density at radius 2 is 2.29 bits per heavy atom. The fourth-order valence-electron chi connectivity index (χ4n) is 2.69. The predicted octanol–water partition coefficient (Wildman–Crippen LogP) is 3.11. The summed E-state index contributed by atoms with van der Waals surface area (Å²) in [7, 11) is 0. The van der Waals surface area contributed by atoms with E-state index in [1.54, 1.807) is 0 Å². The number of rotatable bonds is 4. The Morgan fingerprint density at radius 1 is 1.47 bits per heavy atom. The Bertz CT molecular complexity index is 365. The summed E-state index contributed by atoms with van der Waals surface area (Å²) in [6, 6.07) is 3.06. The van der Waals surface area contributed by atoms with E-state index < -0.39 is 0 Å². The van der Waals surface area contributed by atoms with Crippen LogP contribution in [0.1, 0.15) is 36.7 Å². The Morgan fingerprint density at radius 3 is 2.88 bits per heavy atom. The lowest BCUT2D eigenvalue weighted by molar-refractivity contribution is 0.506. The Balaban J connectivity index is 1.94. The minimum Gasteiger partial charge on any atom is -0.349 e. The molecule has 0 spiro atoms. The van der Waals surface area contributed by atoms with Crippen molar-refractivity contribution in [2.75, 3.05) is 11.5 Å². The van der Waals surface area contributed by atoms with Gasteiger partial charge in [-0.2, -0.15) is 11.8 Å². The van der Waals surface area contributed by atoms with E-state index >= 15 is 0 Å². The SMILES string of the molecule is CCn1c(C)cc(CNC2CCCSC2)c1C. The number of hydrogen-bond acceptors (Lipinski definition) is 2. The highest BCUT2D eigenvalue weighted by Gasteiger charge is 2.14. The van der Waals surface area contributed by atoms with Crippen molar-refractivity contribution in [1.82, 2.24) is 9.88 Å². The molecule has 0 radical (unpaired) electrons. The van der Waals surface area contributed by atoms with Gasteiger partial charge in [-0.15, -0.1) is 0 Å². The van der Waals surface area contributed by atoms with E-state index in [1.807, 2.05) is 0 Å². The van der Waals surface area contributed by atoms with E-state index in [0.717, 1.165) is 19.1 Å². The van der Waals surface area contributed by atoms with Crippen molar-refractivity contribution < 1.29 is 0 Å². The monoisotopic (exact) mass is 252 g/mol. The van der Waals surface area contributed by atoms with Crippen LogP contribution in [-0.4, -0.2) is 22.1 Å². The standard InChI is InChI=1S/C14H24N2S/c1-4-16-11(2)8-13(12(16)3)9-15-14-6-5-7-17-10-14/h8,14-15H,4-7,9-10H2,1-3H3. The maximum absolute atomic E-state index is 3.71. The van der Waals surface area contributed by atoms with E-state index in [9.17, 15) is 0 Å². The zero-order valence-corrected chi connectivity index (χ0v) is 12.1. The van der Waals surface area contributed by atoms with E-state index in [1.165, 1.54) is 41.3 Å². The molecule has 2 rings (SSSR count). The largest absolute Gasteiger partial charge is 0.349 e. The van der Waals surface area contributed by atoms with Crippen LogP contribution in [0.4, 0.5) is 0 Å². The summed E-state index contributed by atoms with van der Waals surface area (Å²) >= 11 is 2.09. The molecule has 1 aliphatic heterocycles. The molecule has 1 atom stereocenters. The lowest BCUT2D eigenvalue weighted by Crippen LogP contribution is -2.33. The van der Waals surface area contributed by atoms with E-state index in [2.05, 4.69) is 48.5 Å². The lowest BCUT2D eigenvalue weighted by Gasteiger charge is -2.22. The molecule has 0 aliphatic carbocycles. The average Bonchev–Trinajstić information content (AvgIpc) is 2.63. The molecule has 1 unspecified atom stereocenters. The molecule has 17 heavy (non-hydrogen) atoms. The van der Waals surface area contributed by atoms with Gasteiger partial charge in [-0.1, -0.05) is 0 Å². The van der Waals surface area contributed by atoms with Crippen LogP contribution in [-0.2, 0) is 13.1 Å². The molecule has 2 nitrogen and oxygen atoms in total. The zero-order chi connectivity index (χ0) is 12.3. The van der Waals surface area contributed by atoms with Crippen LogP contribution in [0, 0.1) is 13.8 Å². The minimum atomic E-state index is 0.721. The molecule has 2 heterocycles. The van der Waals surface area contributed by atoms with Gasteiger partial charge in [0, 0.05) is 36.3 Å². The summed E-state index contributed by atoms with van der Waals surface area (Å²) in [5.41, 5.74) is 4.29. The summed E-state index contributed by atoms with van der Waals surface area (Å²) in [4.78, 5) is 0. The fourth-order valence-corrected chi connectivity index (χ4v) is 3.80. The maximum Gasteiger partial charge on any atom is 0.0226 e. The first kappa shape index (κ1) is 13.0. The molecule has 0 saturated carbocycles. The van der Waals surface area contributed by atoms with Gasteiger partial charge in [-0.05, 0) is 51.0 Å². The molecule has 1 aliphatic rings. The molecule has 3 heteroatoms. The maximum atomic E-state index is 3.71. The second-order valence-electron chi connectivity index (χ2n) is 4.94. The minimum absolute atomic E-state index is 0.721. The average molecular weight is 252 g/mol. The first-order chi connectivity index (χ1) is 8.22. The van der Waals surface area contributed by atoms with Crippen LogP contribution < -0.4 is 5.32 Å². The number of aromatic nitrogens is 1. The van der Waals surface area contributed by atoms with E-state index in [0.29, 0.717) is 0 Å². The van der Waals surface area contributed by atoms with Gasteiger partial charge in [0.15, 0.2) is 0 Å². The fraction of sp³-hybridized carbons (Fsp3) is 0.714. The Kier molecular flexibility index (Phi) is 4.57. The number of hydrogen-bond donors (Lipinski definition) is 1. The van der Waals surface area contributed by atoms with E-state index in [-0.39, 0.29) is 0 Å². The highest BCUT2D eigenvalue weighted by molar-refractivity contribution is 7.99. The van der Waals surface area contributed by atoms with Crippen LogP contribution in [0.2, 0.25) is 0 Å². The first-order valence-electron chi connectivity index (χ1n) is 6.69. The van der Waals surface area contributed by atoms with Crippen molar-refractivity contribution in [1.29, 1.82) is 0 Å². The summed E-state index contributed by atoms with van der Waals surface area (Å²) in [6.07, 6.45) is 2.72. The van der Waals surface area contributed by atoms with Gasteiger partial charge in [-0.25, -0.2) is 0 Å². The highest BCUT2D eigenvalue weighted by atomic mass is 32.2. The highest BCUT2D eigenvalue weighted by Crippen LogP contribution is 2.19. The number of thioether (sulfide) groups is 1. The molecule has 1 aromatic heterocycles. The summed E-state index contributed by atoms with van der Waals surface area (Å²) in [6.45, 7) is 8.77. The van der Waals surface area contributed by atoms with Gasteiger partial charge in [-0.3, -0.25) is 0 Å². The second kappa shape index (κ2) is 5.96. The lowest BCUT2D eigenvalue weighted by atomic mass is 10.1. The van der Waals surface area contributed by atoms with Crippen molar-refractivity contribution in [3.63, 3.8) is 0 Å². The van der Waals surface area contributed by atoms with Gasteiger partial charge >= 0.3 is 0 Å². The molecular weight excluding hydrogens is 228 g/mol. The van der Waals surface area contributed by atoms with Crippen molar-refractivity contribution in [2.45, 2.75) is 52.7 Å². The molecule has 96 valence electrons. The summed E-state index contributed by atoms with van der Waals surface area (Å²) < 4.78 is 2.40. The smallest absolute Gasteiger partial charge is 0.0226 e. The Hall–Kier alpha value is -0.410. The molecule has 1 saturated heterocycles. The van der Waals surface area contributed by atoms with Gasteiger partial charge < -0.3 is 9.88 Å². The van der Waals surface area contributed by atoms with Crippen LogP contribution in [0.3, 0.4) is 0 Å². The van der Waals surface area contributed by atoms with Crippen molar-refractivity contribution in [3.05, 3.63) is 23.0 Å². The first-order valence-corrected chi connectivity index (χ1v) is 7.84. The molecule has 0 bridgehead atoms. The topological polar surface area (TPSA) is 17.0 Å². The van der Waals surface area contributed by atoms with Crippen LogP contribution >= 0.6 is 11.8 Å². The Labute approximate surface area is 109 Å². The number of aryl methyl sites for hydroxylation is 1. The van der Waals surface area contributed by atoms with Gasteiger partial charge in [0.2, 0.25) is 0 Å². The predicted molar refractivity (Wildman–Crippen MR) is 76.8 cm³/mol. The molecular formula is C14H24N2S. The zero-order valence-electron chi connectivity index (χ0n) is 11.3. The van der Waals surface area contributed by atoms with Gasteiger partial charge in [0.1, 0.15) is 0 Å². The number of nitrogens with one attached hydrogen (secondary N) is 1. The molecule has 0 aromatic carbocycles. The van der Waals surface area contributed by atoms with Crippen LogP contribution in [0.15, 0.2) is 6.07 Å². The number of nitrogens with zero attached hydrogens (tertiary/aromatic N) is 1. The molecule has 1 fully saturated rings. The second-order valence-corrected chi connectivity index (χ2v) is 6.09. The molecule has 0 amide bonds. The van der Waals surface area contributed by atoms with Crippen LogP contribution in [0.5, 0.6) is 0 Å². The van der Waals surface area contributed by atoms with E-state index in [4.69, 9.17) is 0 Å². The summed E-state index contributed by atoms with van der Waals surface area (Å²) in [5.74, 6) is 2.63. The van der Waals surface area contributed by atoms with Crippen molar-refractivity contribution in [3.8, 4) is 0 Å². The quantitative estimate of drug-likeness (QED) is 0.887. The third-order valence-electron chi connectivity index (χ3n) is 3.74. The third-order valence-corrected chi connectivity index (χ3v) is 4.95. The van der Waals surface area contributed by atoms with Gasteiger partial charge in [0.25, 0.3) is 0 Å². The van der Waals surface area contributed by atoms with Crippen molar-refractivity contribution >= 4 is 11.8 Å². The van der Waals surface area contributed by atoms with Crippen LogP contribution in [0.25, 0.3) is 0 Å². The molecule has 1 aromatic rings. The van der Waals surface area contributed by atoms with Gasteiger partial charge in [0.05, 0.1) is 0 Å². The van der Waals surface area contributed by atoms with Crippen molar-refractivity contribution in [2.24, 2.45) is 0 Å².